The van der Waals surface area contributed by atoms with Crippen molar-refractivity contribution in [1.29, 1.82) is 0 Å². The molecule has 0 N–H and O–H groups in total. The van der Waals surface area contributed by atoms with Crippen molar-refractivity contribution < 1.29 is 0 Å². The Bertz CT molecular complexity index is 609. The first-order valence-electron chi connectivity index (χ1n) is 8.26. The molecular weight excluding hydrogens is 280 g/mol. The molecule has 1 aromatic carbocycles. The lowest BCUT2D eigenvalue weighted by Gasteiger charge is -2.22. The van der Waals surface area contributed by atoms with Gasteiger partial charge in [0.25, 0.3) is 0 Å². The minimum atomic E-state index is -0.0387. The summed E-state index contributed by atoms with van der Waals surface area (Å²) >= 11 is 6.37. The minimum absolute atomic E-state index is 0.0387. The second-order valence-corrected chi connectivity index (χ2v) is 7.13. The molecule has 1 aromatic heterocycles. The van der Waals surface area contributed by atoms with Gasteiger partial charge in [0.2, 0.25) is 0 Å². The molecule has 0 radical (unpaired) electrons. The molecule has 0 saturated heterocycles. The molecule has 1 unspecified atom stereocenters. The molecule has 0 amide bonds. The molecule has 0 bridgehead atoms. The first kappa shape index (κ1) is 14.9. The summed E-state index contributed by atoms with van der Waals surface area (Å²) in [6.07, 6.45) is 8.30. The molecule has 114 valence electrons. The normalized spacial score (nSPS) is 18.2. The molecule has 1 saturated carbocycles. The molecule has 1 atom stereocenters. The third-order valence-corrected chi connectivity index (χ3v) is 5.05. The van der Waals surface area contributed by atoms with Crippen molar-refractivity contribution in [2.24, 2.45) is 5.92 Å². The second kappa shape index (κ2) is 6.39. The third kappa shape index (κ3) is 3.11. The van der Waals surface area contributed by atoms with Crippen LogP contribution in [0.4, 0.5) is 0 Å². The van der Waals surface area contributed by atoms with Crippen molar-refractivity contribution in [2.75, 3.05) is 0 Å². The maximum Gasteiger partial charge on any atom is 0.127 e. The van der Waals surface area contributed by atoms with Crippen LogP contribution < -0.4 is 0 Å². The zero-order chi connectivity index (χ0) is 14.8. The molecule has 0 aliphatic heterocycles. The summed E-state index contributed by atoms with van der Waals surface area (Å²) in [6, 6.07) is 6.43. The Balaban J connectivity index is 1.88. The summed E-state index contributed by atoms with van der Waals surface area (Å²) < 4.78 is 2.36. The van der Waals surface area contributed by atoms with Crippen molar-refractivity contribution in [1.82, 2.24) is 9.55 Å². The monoisotopic (exact) mass is 304 g/mol. The largest absolute Gasteiger partial charge is 0.327 e. The fourth-order valence-electron chi connectivity index (χ4n) is 3.63. The zero-order valence-corrected chi connectivity index (χ0v) is 13.9. The number of fused-ring (bicyclic) bond motifs is 1. The molecule has 0 spiro atoms. The molecule has 1 heterocycles. The average Bonchev–Trinajstić information content (AvgIpc) is 2.87. The molecule has 21 heavy (non-hydrogen) atoms. The van der Waals surface area contributed by atoms with Crippen LogP contribution in [0.2, 0.25) is 0 Å². The highest BCUT2D eigenvalue weighted by Gasteiger charge is 2.18. The van der Waals surface area contributed by atoms with Gasteiger partial charge >= 0.3 is 0 Å². The molecule has 1 aliphatic rings. The van der Waals surface area contributed by atoms with Crippen molar-refractivity contribution in [2.45, 2.75) is 64.3 Å². The molecule has 1 fully saturated rings. The van der Waals surface area contributed by atoms with E-state index in [1.54, 1.807) is 0 Å². The van der Waals surface area contributed by atoms with Gasteiger partial charge < -0.3 is 4.57 Å². The van der Waals surface area contributed by atoms with E-state index in [9.17, 15) is 0 Å². The van der Waals surface area contributed by atoms with Crippen LogP contribution in [-0.2, 0) is 6.54 Å². The van der Waals surface area contributed by atoms with Gasteiger partial charge in [-0.2, -0.15) is 0 Å². The Kier molecular flexibility index (Phi) is 4.54. The first-order valence-corrected chi connectivity index (χ1v) is 8.70. The summed E-state index contributed by atoms with van der Waals surface area (Å²) in [7, 11) is 0. The number of nitrogens with zero attached hydrogens (tertiary/aromatic N) is 2. The van der Waals surface area contributed by atoms with E-state index in [4.69, 9.17) is 16.6 Å². The van der Waals surface area contributed by atoms with E-state index in [1.165, 1.54) is 49.6 Å². The van der Waals surface area contributed by atoms with Gasteiger partial charge in [-0.3, -0.25) is 0 Å². The van der Waals surface area contributed by atoms with Crippen LogP contribution >= 0.6 is 11.6 Å². The Labute approximate surface area is 132 Å². The molecular formula is C18H25ClN2. The van der Waals surface area contributed by atoms with Crippen LogP contribution in [0.5, 0.6) is 0 Å². The van der Waals surface area contributed by atoms with E-state index in [-0.39, 0.29) is 5.38 Å². The van der Waals surface area contributed by atoms with Gasteiger partial charge in [-0.15, -0.1) is 11.6 Å². The van der Waals surface area contributed by atoms with Gasteiger partial charge in [-0.05, 0) is 37.8 Å². The number of para-hydroxylation sites is 1. The van der Waals surface area contributed by atoms with Gasteiger partial charge in [-0.1, -0.05) is 44.2 Å². The van der Waals surface area contributed by atoms with Crippen LogP contribution in [0.15, 0.2) is 18.2 Å². The van der Waals surface area contributed by atoms with Crippen molar-refractivity contribution >= 4 is 22.6 Å². The van der Waals surface area contributed by atoms with Crippen LogP contribution in [0.1, 0.15) is 62.2 Å². The summed E-state index contributed by atoms with van der Waals surface area (Å²) in [5.74, 6) is 1.91. The van der Waals surface area contributed by atoms with Crippen LogP contribution in [-0.4, -0.2) is 9.55 Å². The Morgan fingerprint density at radius 3 is 2.76 bits per heavy atom. The van der Waals surface area contributed by atoms with E-state index < -0.39 is 0 Å². The minimum Gasteiger partial charge on any atom is -0.327 e. The van der Waals surface area contributed by atoms with Crippen LogP contribution in [0.3, 0.4) is 0 Å². The molecule has 2 aromatic rings. The number of alkyl halides is 1. The fraction of sp³-hybridized carbons (Fsp3) is 0.611. The number of hydrogen-bond donors (Lipinski definition) is 0. The number of hydrogen-bond acceptors (Lipinski definition) is 1. The predicted molar refractivity (Wildman–Crippen MR) is 89.9 cm³/mol. The maximum absolute atomic E-state index is 6.37. The van der Waals surface area contributed by atoms with Crippen molar-refractivity contribution in [3.63, 3.8) is 0 Å². The molecule has 3 heteroatoms. The van der Waals surface area contributed by atoms with Gasteiger partial charge in [0.1, 0.15) is 5.82 Å². The number of benzene rings is 1. The number of rotatable bonds is 4. The molecule has 3 rings (SSSR count). The van der Waals surface area contributed by atoms with Crippen molar-refractivity contribution in [3.8, 4) is 0 Å². The summed E-state index contributed by atoms with van der Waals surface area (Å²) in [5.41, 5.74) is 3.60. The lowest BCUT2D eigenvalue weighted by Crippen LogP contribution is -2.12. The van der Waals surface area contributed by atoms with Crippen LogP contribution in [0.25, 0.3) is 11.0 Å². The molecule has 1 aliphatic carbocycles. The van der Waals surface area contributed by atoms with Crippen molar-refractivity contribution in [3.05, 3.63) is 29.6 Å². The zero-order valence-electron chi connectivity index (χ0n) is 13.1. The van der Waals surface area contributed by atoms with E-state index >= 15 is 0 Å². The SMILES string of the molecule is Cc1cccc2c1nc(C(C)Cl)n2CCC1CCCCC1. The quantitative estimate of drug-likeness (QED) is 0.671. The first-order chi connectivity index (χ1) is 10.2. The van der Waals surface area contributed by atoms with Gasteiger partial charge in [0, 0.05) is 6.54 Å². The van der Waals surface area contributed by atoms with E-state index in [1.807, 2.05) is 6.92 Å². The maximum atomic E-state index is 6.37. The molecule has 2 nitrogen and oxygen atoms in total. The smallest absolute Gasteiger partial charge is 0.127 e. The highest BCUT2D eigenvalue weighted by molar-refractivity contribution is 6.20. The predicted octanol–water partition coefficient (Wildman–Crippen LogP) is 5.61. The van der Waals surface area contributed by atoms with Gasteiger partial charge in [0.05, 0.1) is 16.4 Å². The highest BCUT2D eigenvalue weighted by atomic mass is 35.5. The van der Waals surface area contributed by atoms with Crippen LogP contribution in [0, 0.1) is 12.8 Å². The summed E-state index contributed by atoms with van der Waals surface area (Å²) in [6.45, 7) is 5.20. The van der Waals surface area contributed by atoms with Gasteiger partial charge in [0.15, 0.2) is 0 Å². The standard InChI is InChI=1S/C18H25ClN2/c1-13-7-6-10-16-17(13)20-18(14(2)19)21(16)12-11-15-8-4-3-5-9-15/h6-7,10,14-15H,3-5,8-9,11-12H2,1-2H3. The summed E-state index contributed by atoms with van der Waals surface area (Å²) in [4.78, 5) is 4.81. The lowest BCUT2D eigenvalue weighted by atomic mass is 9.87. The Morgan fingerprint density at radius 2 is 2.05 bits per heavy atom. The highest BCUT2D eigenvalue weighted by Crippen LogP contribution is 2.30. The van der Waals surface area contributed by atoms with E-state index in [0.717, 1.165) is 23.8 Å². The second-order valence-electron chi connectivity index (χ2n) is 6.47. The number of aryl methyl sites for hydroxylation is 2. The topological polar surface area (TPSA) is 17.8 Å². The Hall–Kier alpha value is -1.02. The van der Waals surface area contributed by atoms with Gasteiger partial charge in [-0.25, -0.2) is 4.98 Å². The third-order valence-electron chi connectivity index (χ3n) is 4.85. The lowest BCUT2D eigenvalue weighted by molar-refractivity contribution is 0.324. The van der Waals surface area contributed by atoms with E-state index in [2.05, 4.69) is 29.7 Å². The average molecular weight is 305 g/mol. The summed E-state index contributed by atoms with van der Waals surface area (Å²) in [5, 5.41) is -0.0387. The number of imidazole rings is 1. The Morgan fingerprint density at radius 1 is 1.29 bits per heavy atom. The van der Waals surface area contributed by atoms with E-state index in [0.29, 0.717) is 0 Å². The number of halogens is 1. The number of aromatic nitrogens is 2. The fourth-order valence-corrected chi connectivity index (χ4v) is 3.80.